The Labute approximate surface area is 172 Å². The Morgan fingerprint density at radius 3 is 2.48 bits per heavy atom. The van der Waals surface area contributed by atoms with Gasteiger partial charge in [0.15, 0.2) is 0 Å². The quantitative estimate of drug-likeness (QED) is 0.762. The van der Waals surface area contributed by atoms with Crippen LogP contribution in [0.25, 0.3) is 0 Å². The summed E-state index contributed by atoms with van der Waals surface area (Å²) in [4.78, 5) is 13.4. The van der Waals surface area contributed by atoms with Crippen molar-refractivity contribution >= 4 is 21.6 Å². The van der Waals surface area contributed by atoms with E-state index in [4.69, 9.17) is 9.47 Å². The van der Waals surface area contributed by atoms with E-state index in [1.165, 1.54) is 0 Å². The number of methoxy groups -OCH3 is 2. The third-order valence-corrected chi connectivity index (χ3v) is 9.06. The van der Waals surface area contributed by atoms with E-state index < -0.39 is 10.0 Å². The van der Waals surface area contributed by atoms with Gasteiger partial charge in [0.2, 0.25) is 15.9 Å². The third kappa shape index (κ3) is 3.84. The first-order chi connectivity index (χ1) is 13.9. The van der Waals surface area contributed by atoms with Gasteiger partial charge in [-0.25, -0.2) is 12.7 Å². The molecule has 1 spiro atoms. The minimum absolute atomic E-state index is 0.132. The van der Waals surface area contributed by atoms with Gasteiger partial charge in [-0.3, -0.25) is 4.79 Å². The summed E-state index contributed by atoms with van der Waals surface area (Å²) in [5.74, 6) is 0.689. The number of hydrogen-bond acceptors (Lipinski definition) is 5. The van der Waals surface area contributed by atoms with Crippen LogP contribution >= 0.6 is 0 Å². The average molecular weight is 423 g/mol. The topological polar surface area (TPSA) is 84.9 Å². The molecule has 1 heterocycles. The van der Waals surface area contributed by atoms with E-state index in [0.29, 0.717) is 23.7 Å². The van der Waals surface area contributed by atoms with Crippen molar-refractivity contribution in [3.63, 3.8) is 0 Å². The van der Waals surface area contributed by atoms with Gasteiger partial charge in [0.05, 0.1) is 31.1 Å². The molecular weight excluding hydrogens is 392 g/mol. The number of rotatable bonds is 6. The SMILES string of the molecule is COc1ccc(OC)c(NC(=O)[C@@H]2CN(S(=O)(=O)C3CC3)CC23CCCCC3)c1. The highest BCUT2D eigenvalue weighted by Crippen LogP contribution is 2.50. The molecule has 29 heavy (non-hydrogen) atoms. The maximum Gasteiger partial charge on any atom is 0.229 e. The number of anilines is 1. The molecule has 7 nitrogen and oxygen atoms in total. The fourth-order valence-electron chi connectivity index (χ4n) is 4.95. The van der Waals surface area contributed by atoms with Crippen molar-refractivity contribution in [3.05, 3.63) is 18.2 Å². The van der Waals surface area contributed by atoms with Crippen LogP contribution in [0.15, 0.2) is 18.2 Å². The Morgan fingerprint density at radius 1 is 1.14 bits per heavy atom. The molecule has 1 amide bonds. The standard InChI is InChI=1S/C21H30N2O5S/c1-27-15-6-9-19(28-2)18(12-15)22-20(24)17-13-23(29(25,26)16-7-8-16)14-21(17)10-4-3-5-11-21/h6,9,12,16-17H,3-5,7-8,10-11,13-14H2,1-2H3,(H,22,24)/t17-/m0/s1. The van der Waals surface area contributed by atoms with Crippen LogP contribution in [-0.2, 0) is 14.8 Å². The van der Waals surface area contributed by atoms with Gasteiger partial charge in [-0.2, -0.15) is 0 Å². The molecule has 160 valence electrons. The number of benzene rings is 1. The van der Waals surface area contributed by atoms with Crippen LogP contribution in [0.2, 0.25) is 0 Å². The molecule has 3 fully saturated rings. The van der Waals surface area contributed by atoms with Crippen molar-refractivity contribution in [1.82, 2.24) is 4.31 Å². The summed E-state index contributed by atoms with van der Waals surface area (Å²) < 4.78 is 38.0. The average Bonchev–Trinajstić information content (AvgIpc) is 3.52. The van der Waals surface area contributed by atoms with Crippen LogP contribution in [0, 0.1) is 11.3 Å². The molecule has 1 N–H and O–H groups in total. The van der Waals surface area contributed by atoms with Crippen molar-refractivity contribution in [1.29, 1.82) is 0 Å². The summed E-state index contributed by atoms with van der Waals surface area (Å²) >= 11 is 0. The van der Waals surface area contributed by atoms with Gasteiger partial charge in [0.1, 0.15) is 11.5 Å². The highest BCUT2D eigenvalue weighted by molar-refractivity contribution is 7.90. The molecule has 1 saturated heterocycles. The van der Waals surface area contributed by atoms with Crippen LogP contribution in [0.4, 0.5) is 5.69 Å². The zero-order chi connectivity index (χ0) is 20.6. The van der Waals surface area contributed by atoms with Crippen molar-refractivity contribution in [3.8, 4) is 11.5 Å². The van der Waals surface area contributed by atoms with E-state index >= 15 is 0 Å². The molecule has 1 aliphatic heterocycles. The third-order valence-electron chi connectivity index (χ3n) is 6.75. The lowest BCUT2D eigenvalue weighted by Gasteiger charge is -2.37. The van der Waals surface area contributed by atoms with Gasteiger partial charge in [-0.15, -0.1) is 0 Å². The Bertz CT molecular complexity index is 875. The van der Waals surface area contributed by atoms with Crippen molar-refractivity contribution < 1.29 is 22.7 Å². The number of hydrogen-bond donors (Lipinski definition) is 1. The Balaban J connectivity index is 1.60. The molecular formula is C21H30N2O5S. The first-order valence-corrected chi connectivity index (χ1v) is 11.9. The lowest BCUT2D eigenvalue weighted by molar-refractivity contribution is -0.123. The maximum atomic E-state index is 13.4. The minimum Gasteiger partial charge on any atom is -0.497 e. The number of nitrogens with one attached hydrogen (secondary N) is 1. The zero-order valence-corrected chi connectivity index (χ0v) is 18.0. The maximum absolute atomic E-state index is 13.4. The molecule has 0 radical (unpaired) electrons. The lowest BCUT2D eigenvalue weighted by Crippen LogP contribution is -2.39. The van der Waals surface area contributed by atoms with E-state index in [2.05, 4.69) is 5.32 Å². The van der Waals surface area contributed by atoms with Crippen molar-refractivity contribution in [2.45, 2.75) is 50.2 Å². The molecule has 2 saturated carbocycles. The van der Waals surface area contributed by atoms with Crippen LogP contribution in [0.1, 0.15) is 44.9 Å². The monoisotopic (exact) mass is 422 g/mol. The first kappa shape index (κ1) is 20.5. The van der Waals surface area contributed by atoms with Crippen LogP contribution in [0.5, 0.6) is 11.5 Å². The second kappa shape index (κ2) is 7.80. The van der Waals surface area contributed by atoms with Gasteiger partial charge in [0, 0.05) is 19.2 Å². The minimum atomic E-state index is -3.30. The lowest BCUT2D eigenvalue weighted by atomic mass is 9.67. The number of nitrogens with zero attached hydrogens (tertiary/aromatic N) is 1. The molecule has 1 aromatic rings. The predicted octanol–water partition coefficient (Wildman–Crippen LogP) is 3.02. The van der Waals surface area contributed by atoms with Gasteiger partial charge in [-0.1, -0.05) is 19.3 Å². The molecule has 3 aliphatic rings. The summed E-state index contributed by atoms with van der Waals surface area (Å²) in [6, 6.07) is 5.26. The summed E-state index contributed by atoms with van der Waals surface area (Å²) in [7, 11) is -0.168. The summed E-state index contributed by atoms with van der Waals surface area (Å²) in [6.45, 7) is 0.746. The second-order valence-electron chi connectivity index (χ2n) is 8.57. The van der Waals surface area contributed by atoms with E-state index in [1.807, 2.05) is 0 Å². The molecule has 0 unspecified atom stereocenters. The molecule has 1 aromatic carbocycles. The highest BCUT2D eigenvalue weighted by atomic mass is 32.2. The number of amides is 1. The molecule has 4 rings (SSSR count). The Hall–Kier alpha value is -1.80. The number of carbonyl (C=O) groups excluding carboxylic acids is 1. The molecule has 2 aliphatic carbocycles. The molecule has 8 heteroatoms. The fourth-order valence-corrected chi connectivity index (χ4v) is 6.90. The normalized spacial score (nSPS) is 24.4. The smallest absolute Gasteiger partial charge is 0.229 e. The van der Waals surface area contributed by atoms with Crippen molar-refractivity contribution in [2.75, 3.05) is 32.6 Å². The molecule has 1 atom stereocenters. The van der Waals surface area contributed by atoms with E-state index in [-0.39, 0.29) is 29.0 Å². The van der Waals surface area contributed by atoms with Gasteiger partial charge in [0.25, 0.3) is 0 Å². The number of ether oxygens (including phenoxy) is 2. The van der Waals surface area contributed by atoms with Crippen LogP contribution < -0.4 is 14.8 Å². The first-order valence-electron chi connectivity index (χ1n) is 10.4. The van der Waals surface area contributed by atoms with Gasteiger partial charge >= 0.3 is 0 Å². The fraction of sp³-hybridized carbons (Fsp3) is 0.667. The summed E-state index contributed by atoms with van der Waals surface area (Å²) in [5.41, 5.74) is 0.280. The largest absolute Gasteiger partial charge is 0.497 e. The Morgan fingerprint density at radius 2 is 1.86 bits per heavy atom. The summed E-state index contributed by atoms with van der Waals surface area (Å²) in [5, 5.41) is 2.75. The summed E-state index contributed by atoms with van der Waals surface area (Å²) in [6.07, 6.45) is 6.52. The van der Waals surface area contributed by atoms with Gasteiger partial charge in [-0.05, 0) is 43.2 Å². The van der Waals surface area contributed by atoms with Gasteiger partial charge < -0.3 is 14.8 Å². The highest BCUT2D eigenvalue weighted by Gasteiger charge is 2.55. The zero-order valence-electron chi connectivity index (χ0n) is 17.1. The van der Waals surface area contributed by atoms with E-state index in [9.17, 15) is 13.2 Å². The van der Waals surface area contributed by atoms with Crippen LogP contribution in [0.3, 0.4) is 0 Å². The van der Waals surface area contributed by atoms with E-state index in [1.54, 1.807) is 36.7 Å². The van der Waals surface area contributed by atoms with Crippen LogP contribution in [-0.4, -0.2) is 51.2 Å². The predicted molar refractivity (Wildman–Crippen MR) is 111 cm³/mol. The molecule has 0 aromatic heterocycles. The second-order valence-corrected chi connectivity index (χ2v) is 10.8. The molecule has 0 bridgehead atoms. The Kier molecular flexibility index (Phi) is 5.50. The van der Waals surface area contributed by atoms with E-state index in [0.717, 1.165) is 44.9 Å². The number of carbonyl (C=O) groups is 1. The van der Waals surface area contributed by atoms with Crippen molar-refractivity contribution in [2.24, 2.45) is 11.3 Å². The number of sulfonamides is 1.